The molecule has 0 amide bonds. The monoisotopic (exact) mass is 212 g/mol. The predicted molar refractivity (Wildman–Crippen MR) is 57.4 cm³/mol. The van der Waals surface area contributed by atoms with E-state index in [1.165, 1.54) is 6.07 Å². The molecule has 84 valence electrons. The first-order chi connectivity index (χ1) is 7.13. The fourth-order valence-electron chi connectivity index (χ4n) is 1.33. The molecule has 1 aromatic carbocycles. The zero-order valence-corrected chi connectivity index (χ0v) is 8.83. The van der Waals surface area contributed by atoms with E-state index in [4.69, 9.17) is 10.8 Å². The Balaban J connectivity index is 2.53. The Morgan fingerprint density at radius 3 is 2.67 bits per heavy atom. The van der Waals surface area contributed by atoms with Crippen molar-refractivity contribution in [3.8, 4) is 11.5 Å². The zero-order chi connectivity index (χ0) is 11.3. The Bertz CT molecular complexity index is 318. The normalized spacial score (nSPS) is 12.7. The third-order valence-electron chi connectivity index (χ3n) is 2.08. The van der Waals surface area contributed by atoms with Crippen molar-refractivity contribution < 1.29 is 15.2 Å². The summed E-state index contributed by atoms with van der Waals surface area (Å²) in [7, 11) is 1.97. The van der Waals surface area contributed by atoms with Crippen molar-refractivity contribution >= 4 is 0 Å². The largest absolute Gasteiger partial charge is 0.504 e. The van der Waals surface area contributed by atoms with Gasteiger partial charge < -0.3 is 15.9 Å². The second-order valence-corrected chi connectivity index (χ2v) is 3.50. The number of quaternary nitrogens is 1. The predicted octanol–water partition coefficient (Wildman–Crippen LogP) is -1.42. The smallest absolute Gasteiger partial charge is 0.157 e. The Morgan fingerprint density at radius 1 is 1.33 bits per heavy atom. The zero-order valence-electron chi connectivity index (χ0n) is 8.83. The van der Waals surface area contributed by atoms with Crippen LogP contribution in [0.25, 0.3) is 0 Å². The van der Waals surface area contributed by atoms with Crippen molar-refractivity contribution in [1.29, 1.82) is 0 Å². The molecule has 1 aromatic rings. The minimum absolute atomic E-state index is 0.0841. The van der Waals surface area contributed by atoms with Gasteiger partial charge in [-0.25, -0.2) is 0 Å². The van der Waals surface area contributed by atoms with E-state index in [1.54, 1.807) is 12.1 Å². The molecule has 1 unspecified atom stereocenters. The van der Waals surface area contributed by atoms with Gasteiger partial charge in [0.05, 0.1) is 13.6 Å². The highest BCUT2D eigenvalue weighted by Crippen LogP contribution is 2.24. The van der Waals surface area contributed by atoms with E-state index >= 15 is 0 Å². The summed E-state index contributed by atoms with van der Waals surface area (Å²) in [5, 5.41) is 19.5. The molecule has 5 nitrogen and oxygen atoms in total. The van der Waals surface area contributed by atoms with Crippen LogP contribution in [0.5, 0.6) is 11.5 Å². The van der Waals surface area contributed by atoms with Crippen molar-refractivity contribution in [1.82, 2.24) is 5.43 Å². The number of nitrogens with two attached hydrogens (primary N) is 1. The number of benzene rings is 1. The van der Waals surface area contributed by atoms with Gasteiger partial charge in [-0.05, 0) is 18.2 Å². The molecule has 0 aliphatic rings. The van der Waals surface area contributed by atoms with Gasteiger partial charge in [0, 0.05) is 12.1 Å². The maximum absolute atomic E-state index is 9.29. The topological polar surface area (TPSA) is 83.0 Å². The third-order valence-corrected chi connectivity index (χ3v) is 2.08. The molecule has 0 saturated heterocycles. The van der Waals surface area contributed by atoms with Gasteiger partial charge in [-0.1, -0.05) is 0 Å². The maximum Gasteiger partial charge on any atom is 0.157 e. The van der Waals surface area contributed by atoms with Crippen molar-refractivity contribution in [2.45, 2.75) is 6.54 Å². The fourth-order valence-corrected chi connectivity index (χ4v) is 1.33. The summed E-state index contributed by atoms with van der Waals surface area (Å²) in [6.45, 7) is 2.06. The number of aromatic hydroxyl groups is 2. The first kappa shape index (κ1) is 11.8. The molecule has 6 N–H and O–H groups in total. The van der Waals surface area contributed by atoms with Gasteiger partial charge in [0.1, 0.15) is 6.54 Å². The number of hydrogen-bond acceptors (Lipinski definition) is 4. The standard InChI is InChI=1S/C10H17N3O2/c1-13(12-5-4-11)7-8-2-3-9(14)10(15)6-8/h2-3,6,12,14-15H,4-5,7,11H2,1H3/p+1. The molecular weight excluding hydrogens is 194 g/mol. The number of rotatable bonds is 5. The van der Waals surface area contributed by atoms with Crippen molar-refractivity contribution in [2.24, 2.45) is 5.73 Å². The number of hydrogen-bond donors (Lipinski definition) is 5. The fraction of sp³-hybridized carbons (Fsp3) is 0.400. The SMILES string of the molecule is C[NH+](Cc1ccc(O)c(O)c1)NCCN. The molecular formula is C10H18N3O2+. The molecule has 0 aliphatic carbocycles. The molecule has 1 atom stereocenters. The minimum Gasteiger partial charge on any atom is -0.504 e. The average molecular weight is 212 g/mol. The summed E-state index contributed by atoms with van der Waals surface area (Å²) >= 11 is 0. The lowest BCUT2D eigenvalue weighted by Crippen LogP contribution is -3.14. The molecule has 0 heterocycles. The van der Waals surface area contributed by atoms with Crippen molar-refractivity contribution in [2.75, 3.05) is 20.1 Å². The Morgan fingerprint density at radius 2 is 2.07 bits per heavy atom. The van der Waals surface area contributed by atoms with E-state index in [0.29, 0.717) is 13.1 Å². The molecule has 1 rings (SSSR count). The number of phenols is 2. The van der Waals surface area contributed by atoms with Crippen LogP contribution in [-0.2, 0) is 6.54 Å². The van der Waals surface area contributed by atoms with Crippen LogP contribution in [0, 0.1) is 0 Å². The molecule has 0 aliphatic heterocycles. The molecule has 5 heteroatoms. The third kappa shape index (κ3) is 3.75. The first-order valence-corrected chi connectivity index (χ1v) is 4.90. The van der Waals surface area contributed by atoms with Gasteiger partial charge in [0.15, 0.2) is 11.5 Å². The Kier molecular flexibility index (Phi) is 4.36. The quantitative estimate of drug-likeness (QED) is 0.306. The van der Waals surface area contributed by atoms with Crippen LogP contribution < -0.4 is 16.2 Å². The molecule has 0 bridgehead atoms. The second-order valence-electron chi connectivity index (χ2n) is 3.50. The first-order valence-electron chi connectivity index (χ1n) is 4.90. The van der Waals surface area contributed by atoms with E-state index in [9.17, 15) is 5.11 Å². The number of nitrogens with one attached hydrogen (secondary N) is 2. The molecule has 0 fully saturated rings. The highest BCUT2D eigenvalue weighted by atomic mass is 16.3. The Labute approximate surface area is 89.1 Å². The van der Waals surface area contributed by atoms with Gasteiger partial charge in [-0.15, -0.1) is 0 Å². The second kappa shape index (κ2) is 5.55. The Hall–Kier alpha value is -1.30. The van der Waals surface area contributed by atoms with Crippen LogP contribution >= 0.6 is 0 Å². The lowest BCUT2D eigenvalue weighted by molar-refractivity contribution is -0.939. The highest BCUT2D eigenvalue weighted by Gasteiger charge is 2.05. The van der Waals surface area contributed by atoms with Gasteiger partial charge in [-0.3, -0.25) is 5.01 Å². The lowest BCUT2D eigenvalue weighted by Gasteiger charge is -2.14. The summed E-state index contributed by atoms with van der Waals surface area (Å²) in [6.07, 6.45) is 0. The van der Waals surface area contributed by atoms with Crippen LogP contribution in [0.4, 0.5) is 0 Å². The summed E-state index contributed by atoms with van der Waals surface area (Å²) in [6, 6.07) is 4.83. The van der Waals surface area contributed by atoms with Gasteiger partial charge in [0.25, 0.3) is 0 Å². The molecule has 0 spiro atoms. The van der Waals surface area contributed by atoms with Crippen LogP contribution in [0.1, 0.15) is 5.56 Å². The highest BCUT2D eigenvalue weighted by molar-refractivity contribution is 5.40. The minimum atomic E-state index is -0.0914. The van der Waals surface area contributed by atoms with Crippen LogP contribution in [-0.4, -0.2) is 30.4 Å². The van der Waals surface area contributed by atoms with E-state index in [1.807, 2.05) is 7.05 Å². The van der Waals surface area contributed by atoms with Gasteiger partial charge in [-0.2, -0.15) is 5.43 Å². The molecule has 0 saturated carbocycles. The average Bonchev–Trinajstić information content (AvgIpc) is 2.20. The molecule has 0 aromatic heterocycles. The molecule has 15 heavy (non-hydrogen) atoms. The summed E-state index contributed by atoms with van der Waals surface area (Å²) < 4.78 is 0. The van der Waals surface area contributed by atoms with Crippen molar-refractivity contribution in [3.63, 3.8) is 0 Å². The van der Waals surface area contributed by atoms with Crippen LogP contribution in [0.15, 0.2) is 18.2 Å². The maximum atomic E-state index is 9.29. The number of phenolic OH excluding ortho intramolecular Hbond substituents is 2. The molecule has 0 radical (unpaired) electrons. The van der Waals surface area contributed by atoms with Crippen molar-refractivity contribution in [3.05, 3.63) is 23.8 Å². The van der Waals surface area contributed by atoms with E-state index < -0.39 is 0 Å². The summed E-state index contributed by atoms with van der Waals surface area (Å²) in [5.41, 5.74) is 9.48. The lowest BCUT2D eigenvalue weighted by atomic mass is 10.2. The van der Waals surface area contributed by atoms with E-state index in [2.05, 4.69) is 5.43 Å². The van der Waals surface area contributed by atoms with E-state index in [0.717, 1.165) is 17.1 Å². The summed E-state index contributed by atoms with van der Waals surface area (Å²) in [5.74, 6) is -0.176. The van der Waals surface area contributed by atoms with Crippen LogP contribution in [0.3, 0.4) is 0 Å². The van der Waals surface area contributed by atoms with Gasteiger partial charge in [0.2, 0.25) is 0 Å². The van der Waals surface area contributed by atoms with Gasteiger partial charge >= 0.3 is 0 Å². The van der Waals surface area contributed by atoms with Crippen LogP contribution in [0.2, 0.25) is 0 Å². The van der Waals surface area contributed by atoms with E-state index in [-0.39, 0.29) is 11.5 Å². The summed E-state index contributed by atoms with van der Waals surface area (Å²) in [4.78, 5) is 0.